The van der Waals surface area contributed by atoms with Crippen molar-refractivity contribution in [2.75, 3.05) is 13.4 Å². The van der Waals surface area contributed by atoms with E-state index < -0.39 is 0 Å². The number of ether oxygens (including phenoxy) is 1. The molecule has 0 bridgehead atoms. The fourth-order valence-electron chi connectivity index (χ4n) is 1.63. The smallest absolute Gasteiger partial charge is 0.218 e. The number of benzene rings is 1. The second-order valence-electron chi connectivity index (χ2n) is 3.61. The minimum absolute atomic E-state index is 0.231. The van der Waals surface area contributed by atoms with Gasteiger partial charge in [0.25, 0.3) is 0 Å². The van der Waals surface area contributed by atoms with Crippen molar-refractivity contribution in [2.45, 2.75) is 4.90 Å². The third-order valence-electron chi connectivity index (χ3n) is 2.52. The molecule has 1 aromatic heterocycles. The summed E-state index contributed by atoms with van der Waals surface area (Å²) in [4.78, 5) is 13.2. The predicted molar refractivity (Wildman–Crippen MR) is 75.2 cm³/mol. The molecule has 0 unspecified atom stereocenters. The Balaban J connectivity index is 2.50. The zero-order chi connectivity index (χ0) is 13.8. The van der Waals surface area contributed by atoms with Crippen LogP contribution in [0, 0.1) is 0 Å². The van der Waals surface area contributed by atoms with E-state index in [1.165, 1.54) is 18.9 Å². The molecule has 0 saturated heterocycles. The van der Waals surface area contributed by atoms with Crippen molar-refractivity contribution in [3.63, 3.8) is 0 Å². The van der Waals surface area contributed by atoms with Gasteiger partial charge in [0.15, 0.2) is 5.15 Å². The highest BCUT2D eigenvalue weighted by Gasteiger charge is 2.19. The Morgan fingerprint density at radius 3 is 2.74 bits per heavy atom. The number of halogens is 1. The number of thioether (sulfide) groups is 1. The molecule has 0 aliphatic carbocycles. The van der Waals surface area contributed by atoms with Crippen LogP contribution in [0.5, 0.6) is 5.75 Å². The fraction of sp³-hybridized carbons (Fsp3) is 0.154. The molecular formula is C13H11ClN2O2S. The summed E-state index contributed by atoms with van der Waals surface area (Å²) >= 11 is 7.18. The monoisotopic (exact) mass is 294 g/mol. The molecule has 0 saturated carbocycles. The molecule has 0 amide bonds. The Labute approximate surface area is 120 Å². The first-order valence-corrected chi connectivity index (χ1v) is 7.02. The van der Waals surface area contributed by atoms with E-state index in [-0.39, 0.29) is 16.6 Å². The zero-order valence-electron chi connectivity index (χ0n) is 10.4. The number of aromatic nitrogens is 2. The molecule has 2 rings (SSSR count). The second kappa shape index (κ2) is 6.04. The summed E-state index contributed by atoms with van der Waals surface area (Å²) in [6.07, 6.45) is 1.85. The van der Waals surface area contributed by atoms with Gasteiger partial charge in [-0.05, 0) is 24.5 Å². The van der Waals surface area contributed by atoms with Crippen molar-refractivity contribution in [2.24, 2.45) is 0 Å². The SMILES string of the molecule is COc1ccccc1C(=O)c1nnc(Cl)cc1SC. The maximum Gasteiger partial charge on any atom is 0.218 e. The van der Waals surface area contributed by atoms with Gasteiger partial charge in [-0.15, -0.1) is 22.0 Å². The number of ketones is 1. The minimum Gasteiger partial charge on any atom is -0.496 e. The van der Waals surface area contributed by atoms with Gasteiger partial charge in [-0.2, -0.15) is 0 Å². The van der Waals surface area contributed by atoms with E-state index in [0.29, 0.717) is 16.2 Å². The first-order chi connectivity index (χ1) is 9.17. The van der Waals surface area contributed by atoms with Gasteiger partial charge in [0, 0.05) is 4.90 Å². The second-order valence-corrected chi connectivity index (χ2v) is 4.85. The molecule has 0 atom stereocenters. The summed E-state index contributed by atoms with van der Waals surface area (Å²) < 4.78 is 5.18. The fourth-order valence-corrected chi connectivity index (χ4v) is 2.39. The van der Waals surface area contributed by atoms with Crippen LogP contribution in [0.15, 0.2) is 35.2 Å². The van der Waals surface area contributed by atoms with E-state index in [1.807, 2.05) is 6.26 Å². The normalized spacial score (nSPS) is 10.3. The summed E-state index contributed by atoms with van der Waals surface area (Å²) in [6, 6.07) is 8.63. The Bertz CT molecular complexity index is 619. The van der Waals surface area contributed by atoms with Gasteiger partial charge in [-0.1, -0.05) is 23.7 Å². The molecule has 0 aliphatic heterocycles. The van der Waals surface area contributed by atoms with E-state index in [9.17, 15) is 4.79 Å². The first kappa shape index (κ1) is 13.8. The molecular weight excluding hydrogens is 284 g/mol. The number of nitrogens with zero attached hydrogens (tertiary/aromatic N) is 2. The summed E-state index contributed by atoms with van der Waals surface area (Å²) in [6.45, 7) is 0. The lowest BCUT2D eigenvalue weighted by atomic mass is 10.1. The maximum atomic E-state index is 12.5. The van der Waals surface area contributed by atoms with Crippen LogP contribution in [0.1, 0.15) is 16.1 Å². The number of methoxy groups -OCH3 is 1. The average Bonchev–Trinajstić information content (AvgIpc) is 2.46. The Kier molecular flexibility index (Phi) is 4.39. The van der Waals surface area contributed by atoms with Gasteiger partial charge < -0.3 is 4.74 Å². The predicted octanol–water partition coefficient (Wildman–Crippen LogP) is 3.09. The van der Waals surface area contributed by atoms with Crippen LogP contribution >= 0.6 is 23.4 Å². The quantitative estimate of drug-likeness (QED) is 0.641. The Morgan fingerprint density at radius 1 is 1.32 bits per heavy atom. The Morgan fingerprint density at radius 2 is 2.05 bits per heavy atom. The molecule has 98 valence electrons. The highest BCUT2D eigenvalue weighted by molar-refractivity contribution is 7.98. The van der Waals surface area contributed by atoms with Crippen LogP contribution in [0.25, 0.3) is 0 Å². The number of para-hydroxylation sites is 1. The summed E-state index contributed by atoms with van der Waals surface area (Å²) in [5, 5.41) is 7.89. The molecule has 6 heteroatoms. The number of hydrogen-bond donors (Lipinski definition) is 0. The van der Waals surface area contributed by atoms with Crippen molar-refractivity contribution in [3.05, 3.63) is 46.7 Å². The molecule has 19 heavy (non-hydrogen) atoms. The van der Waals surface area contributed by atoms with E-state index in [0.717, 1.165) is 0 Å². The highest BCUT2D eigenvalue weighted by atomic mass is 35.5. The molecule has 4 nitrogen and oxygen atoms in total. The molecule has 2 aromatic rings. The minimum atomic E-state index is -0.231. The number of carbonyl (C=O) groups excluding carboxylic acids is 1. The molecule has 0 spiro atoms. The summed E-state index contributed by atoms with van der Waals surface area (Å²) in [7, 11) is 1.52. The topological polar surface area (TPSA) is 52.1 Å². The van der Waals surface area contributed by atoms with Gasteiger partial charge >= 0.3 is 0 Å². The van der Waals surface area contributed by atoms with Gasteiger partial charge in [-0.25, -0.2) is 0 Å². The number of hydrogen-bond acceptors (Lipinski definition) is 5. The van der Waals surface area contributed by atoms with Crippen molar-refractivity contribution < 1.29 is 9.53 Å². The summed E-state index contributed by atoms with van der Waals surface area (Å²) in [5.74, 6) is 0.280. The van der Waals surface area contributed by atoms with Crippen molar-refractivity contribution in [1.29, 1.82) is 0 Å². The Hall–Kier alpha value is -1.59. The number of carbonyl (C=O) groups is 1. The molecule has 1 aromatic carbocycles. The third kappa shape index (κ3) is 2.88. The van der Waals surface area contributed by atoms with Gasteiger partial charge in [0.1, 0.15) is 11.4 Å². The van der Waals surface area contributed by atoms with Crippen LogP contribution in [0.2, 0.25) is 5.15 Å². The van der Waals surface area contributed by atoms with Gasteiger partial charge in [0.05, 0.1) is 12.7 Å². The molecule has 0 fully saturated rings. The molecule has 0 aliphatic rings. The lowest BCUT2D eigenvalue weighted by molar-refractivity contribution is 0.102. The van der Waals surface area contributed by atoms with Crippen LogP contribution in [-0.2, 0) is 0 Å². The highest BCUT2D eigenvalue weighted by Crippen LogP contribution is 2.26. The number of rotatable bonds is 4. The largest absolute Gasteiger partial charge is 0.496 e. The van der Waals surface area contributed by atoms with Gasteiger partial charge in [-0.3, -0.25) is 4.79 Å². The van der Waals surface area contributed by atoms with E-state index in [4.69, 9.17) is 16.3 Å². The van der Waals surface area contributed by atoms with Crippen LogP contribution in [-0.4, -0.2) is 29.3 Å². The zero-order valence-corrected chi connectivity index (χ0v) is 12.0. The van der Waals surface area contributed by atoms with Gasteiger partial charge in [0.2, 0.25) is 5.78 Å². The van der Waals surface area contributed by atoms with E-state index >= 15 is 0 Å². The molecule has 0 radical (unpaired) electrons. The summed E-state index contributed by atoms with van der Waals surface area (Å²) in [5.41, 5.74) is 0.735. The first-order valence-electron chi connectivity index (χ1n) is 5.42. The average molecular weight is 295 g/mol. The van der Waals surface area contributed by atoms with Crippen molar-refractivity contribution in [1.82, 2.24) is 10.2 Å². The molecule has 0 N–H and O–H groups in total. The lowest BCUT2D eigenvalue weighted by Crippen LogP contribution is -2.09. The van der Waals surface area contributed by atoms with Crippen molar-refractivity contribution in [3.8, 4) is 5.75 Å². The van der Waals surface area contributed by atoms with Crippen LogP contribution < -0.4 is 4.74 Å². The maximum absolute atomic E-state index is 12.5. The van der Waals surface area contributed by atoms with Crippen LogP contribution in [0.4, 0.5) is 0 Å². The van der Waals surface area contributed by atoms with E-state index in [2.05, 4.69) is 10.2 Å². The van der Waals surface area contributed by atoms with Crippen molar-refractivity contribution >= 4 is 29.1 Å². The van der Waals surface area contributed by atoms with E-state index in [1.54, 1.807) is 30.3 Å². The molecule has 1 heterocycles. The lowest BCUT2D eigenvalue weighted by Gasteiger charge is -2.08. The standard InChI is InChI=1S/C13H11ClN2O2S/c1-18-9-6-4-3-5-8(9)13(17)12-10(19-2)7-11(14)15-16-12/h3-7H,1-2H3. The van der Waals surface area contributed by atoms with Crippen LogP contribution in [0.3, 0.4) is 0 Å². The third-order valence-corrected chi connectivity index (χ3v) is 3.45.